The number of benzene rings is 2. The SMILES string of the molecule is CC(C)Oc1ccc(Nc2ccc([N+](=O)[O-])cc2[N+](=O)[O-])cc1. The summed E-state index contributed by atoms with van der Waals surface area (Å²) in [5, 5.41) is 24.7. The van der Waals surface area contributed by atoms with Crippen LogP contribution in [0.25, 0.3) is 0 Å². The summed E-state index contributed by atoms with van der Waals surface area (Å²) < 4.78 is 5.51. The van der Waals surface area contributed by atoms with Gasteiger partial charge in [0, 0.05) is 11.8 Å². The second kappa shape index (κ2) is 6.73. The van der Waals surface area contributed by atoms with E-state index < -0.39 is 9.85 Å². The van der Waals surface area contributed by atoms with Gasteiger partial charge >= 0.3 is 0 Å². The van der Waals surface area contributed by atoms with Crippen LogP contribution in [0, 0.1) is 20.2 Å². The number of nitrogens with zero attached hydrogens (tertiary/aromatic N) is 2. The topological polar surface area (TPSA) is 108 Å². The van der Waals surface area contributed by atoms with Gasteiger partial charge in [0.1, 0.15) is 11.4 Å². The van der Waals surface area contributed by atoms with Gasteiger partial charge in [0.15, 0.2) is 0 Å². The van der Waals surface area contributed by atoms with Gasteiger partial charge in [-0.05, 0) is 44.2 Å². The van der Waals surface area contributed by atoms with Crippen molar-refractivity contribution in [1.29, 1.82) is 0 Å². The molecule has 2 rings (SSSR count). The predicted molar refractivity (Wildman–Crippen MR) is 85.2 cm³/mol. The van der Waals surface area contributed by atoms with Crippen molar-refractivity contribution in [2.45, 2.75) is 20.0 Å². The zero-order chi connectivity index (χ0) is 17.0. The Bertz CT molecular complexity index is 728. The van der Waals surface area contributed by atoms with Gasteiger partial charge in [-0.25, -0.2) is 0 Å². The average Bonchev–Trinajstić information content (AvgIpc) is 2.48. The van der Waals surface area contributed by atoms with Gasteiger partial charge in [0.2, 0.25) is 0 Å². The number of hydrogen-bond donors (Lipinski definition) is 1. The van der Waals surface area contributed by atoms with Crippen LogP contribution >= 0.6 is 0 Å². The van der Waals surface area contributed by atoms with Gasteiger partial charge in [0.25, 0.3) is 11.4 Å². The summed E-state index contributed by atoms with van der Waals surface area (Å²) in [4.78, 5) is 20.5. The van der Waals surface area contributed by atoms with Crippen LogP contribution in [0.4, 0.5) is 22.7 Å². The van der Waals surface area contributed by atoms with E-state index in [4.69, 9.17) is 4.74 Å². The fourth-order valence-electron chi connectivity index (χ4n) is 1.93. The van der Waals surface area contributed by atoms with E-state index >= 15 is 0 Å². The summed E-state index contributed by atoms with van der Waals surface area (Å²) in [5.74, 6) is 0.684. The fraction of sp³-hybridized carbons (Fsp3) is 0.200. The third kappa shape index (κ3) is 4.16. The van der Waals surface area contributed by atoms with Crippen LogP contribution < -0.4 is 10.1 Å². The molecule has 0 heterocycles. The van der Waals surface area contributed by atoms with E-state index in [0.717, 1.165) is 6.07 Å². The van der Waals surface area contributed by atoms with E-state index in [1.54, 1.807) is 24.3 Å². The molecular formula is C15H15N3O5. The Morgan fingerprint density at radius 2 is 1.65 bits per heavy atom. The van der Waals surface area contributed by atoms with E-state index in [2.05, 4.69) is 5.32 Å². The largest absolute Gasteiger partial charge is 0.491 e. The van der Waals surface area contributed by atoms with Crippen LogP contribution in [0.2, 0.25) is 0 Å². The minimum atomic E-state index is -0.672. The number of nitro benzene ring substituents is 2. The van der Waals surface area contributed by atoms with Crippen molar-refractivity contribution in [3.05, 3.63) is 62.7 Å². The number of nitrogens with one attached hydrogen (secondary N) is 1. The molecule has 0 aliphatic carbocycles. The standard InChI is InChI=1S/C15H15N3O5/c1-10(2)23-13-6-3-11(4-7-13)16-14-8-5-12(17(19)20)9-15(14)18(21)22/h3-10,16H,1-2H3. The summed E-state index contributed by atoms with van der Waals surface area (Å²) in [7, 11) is 0. The molecule has 0 unspecified atom stereocenters. The van der Waals surface area contributed by atoms with E-state index in [1.807, 2.05) is 13.8 Å². The Kier molecular flexibility index (Phi) is 4.75. The number of rotatable bonds is 6. The molecule has 0 radical (unpaired) electrons. The highest BCUT2D eigenvalue weighted by atomic mass is 16.6. The average molecular weight is 317 g/mol. The first kappa shape index (κ1) is 16.2. The maximum absolute atomic E-state index is 11.1. The lowest BCUT2D eigenvalue weighted by molar-refractivity contribution is -0.393. The normalized spacial score (nSPS) is 10.4. The number of nitro groups is 2. The third-order valence-electron chi connectivity index (χ3n) is 2.89. The van der Waals surface area contributed by atoms with Crippen LogP contribution in [-0.2, 0) is 0 Å². The lowest BCUT2D eigenvalue weighted by atomic mass is 10.2. The highest BCUT2D eigenvalue weighted by Crippen LogP contribution is 2.31. The monoisotopic (exact) mass is 317 g/mol. The zero-order valence-electron chi connectivity index (χ0n) is 12.6. The molecule has 8 nitrogen and oxygen atoms in total. The van der Waals surface area contributed by atoms with E-state index in [1.165, 1.54) is 12.1 Å². The van der Waals surface area contributed by atoms with Gasteiger partial charge in [-0.1, -0.05) is 0 Å². The van der Waals surface area contributed by atoms with E-state index in [0.29, 0.717) is 11.4 Å². The fourth-order valence-corrected chi connectivity index (χ4v) is 1.93. The molecule has 8 heteroatoms. The van der Waals surface area contributed by atoms with Gasteiger partial charge in [-0.2, -0.15) is 0 Å². The van der Waals surface area contributed by atoms with Gasteiger partial charge < -0.3 is 10.1 Å². The van der Waals surface area contributed by atoms with Crippen LogP contribution in [0.15, 0.2) is 42.5 Å². The minimum absolute atomic E-state index is 0.0459. The Hall–Kier alpha value is -3.16. The highest BCUT2D eigenvalue weighted by molar-refractivity contribution is 5.71. The van der Waals surface area contributed by atoms with Gasteiger partial charge in [-0.3, -0.25) is 20.2 Å². The summed E-state index contributed by atoms with van der Waals surface area (Å²) in [6.45, 7) is 3.82. The van der Waals surface area contributed by atoms with Crippen molar-refractivity contribution in [1.82, 2.24) is 0 Å². The second-order valence-corrected chi connectivity index (χ2v) is 5.03. The molecule has 0 spiro atoms. The van der Waals surface area contributed by atoms with Crippen LogP contribution in [0.3, 0.4) is 0 Å². The molecule has 23 heavy (non-hydrogen) atoms. The molecule has 2 aromatic carbocycles. The summed E-state index contributed by atoms with van der Waals surface area (Å²) >= 11 is 0. The molecule has 0 aliphatic rings. The smallest absolute Gasteiger partial charge is 0.299 e. The van der Waals surface area contributed by atoms with E-state index in [-0.39, 0.29) is 23.2 Å². The maximum Gasteiger partial charge on any atom is 0.299 e. The summed E-state index contributed by atoms with van der Waals surface area (Å²) in [6, 6.07) is 10.4. The summed E-state index contributed by atoms with van der Waals surface area (Å²) in [6.07, 6.45) is 0.0459. The predicted octanol–water partition coefficient (Wildman–Crippen LogP) is 4.03. The zero-order valence-corrected chi connectivity index (χ0v) is 12.6. The van der Waals surface area contributed by atoms with Gasteiger partial charge in [-0.15, -0.1) is 0 Å². The molecule has 0 saturated heterocycles. The maximum atomic E-state index is 11.1. The molecule has 0 saturated carbocycles. The number of ether oxygens (including phenoxy) is 1. The Morgan fingerprint density at radius 3 is 2.17 bits per heavy atom. The van der Waals surface area contributed by atoms with Crippen LogP contribution in [0.1, 0.15) is 13.8 Å². The lowest BCUT2D eigenvalue weighted by Crippen LogP contribution is -2.05. The molecule has 2 aromatic rings. The minimum Gasteiger partial charge on any atom is -0.491 e. The highest BCUT2D eigenvalue weighted by Gasteiger charge is 2.19. The first-order valence-electron chi connectivity index (χ1n) is 6.83. The van der Waals surface area contributed by atoms with Crippen molar-refractivity contribution >= 4 is 22.7 Å². The third-order valence-corrected chi connectivity index (χ3v) is 2.89. The van der Waals surface area contributed by atoms with Crippen molar-refractivity contribution in [2.24, 2.45) is 0 Å². The molecule has 0 fully saturated rings. The molecule has 1 N–H and O–H groups in total. The Balaban J connectivity index is 2.25. The molecule has 0 amide bonds. The molecule has 120 valence electrons. The van der Waals surface area contributed by atoms with Crippen molar-refractivity contribution < 1.29 is 14.6 Å². The molecule has 0 atom stereocenters. The van der Waals surface area contributed by atoms with Crippen LogP contribution in [0.5, 0.6) is 5.75 Å². The van der Waals surface area contributed by atoms with Crippen molar-refractivity contribution in [2.75, 3.05) is 5.32 Å². The molecule has 0 bridgehead atoms. The van der Waals surface area contributed by atoms with Crippen molar-refractivity contribution in [3.63, 3.8) is 0 Å². The lowest BCUT2D eigenvalue weighted by Gasteiger charge is -2.11. The first-order valence-corrected chi connectivity index (χ1v) is 6.83. The van der Waals surface area contributed by atoms with E-state index in [9.17, 15) is 20.2 Å². The van der Waals surface area contributed by atoms with Crippen LogP contribution in [-0.4, -0.2) is 16.0 Å². The number of anilines is 2. The quantitative estimate of drug-likeness (QED) is 0.636. The molecule has 0 aromatic heterocycles. The first-order chi connectivity index (χ1) is 10.9. The number of hydrogen-bond acceptors (Lipinski definition) is 6. The van der Waals surface area contributed by atoms with Crippen molar-refractivity contribution in [3.8, 4) is 5.75 Å². The van der Waals surface area contributed by atoms with Gasteiger partial charge in [0.05, 0.1) is 22.0 Å². The number of non-ortho nitro benzene ring substituents is 1. The second-order valence-electron chi connectivity index (χ2n) is 5.03. The molecular weight excluding hydrogens is 302 g/mol. The summed E-state index contributed by atoms with van der Waals surface area (Å²) in [5.41, 5.74) is 0.0980. The molecule has 0 aliphatic heterocycles. The Labute approximate surface area is 132 Å². The Morgan fingerprint density at radius 1 is 1.00 bits per heavy atom.